The van der Waals surface area contributed by atoms with Gasteiger partial charge >= 0.3 is 6.09 Å². The lowest BCUT2D eigenvalue weighted by molar-refractivity contribution is -0.00608. The van der Waals surface area contributed by atoms with Crippen molar-refractivity contribution in [2.24, 2.45) is 0 Å². The lowest BCUT2D eigenvalue weighted by Gasteiger charge is -2.31. The number of ether oxygens (including phenoxy) is 1. The predicted molar refractivity (Wildman–Crippen MR) is 101 cm³/mol. The molecule has 0 saturated carbocycles. The van der Waals surface area contributed by atoms with Crippen LogP contribution in [0.15, 0.2) is 14.6 Å². The number of carbonyl (C=O) groups is 1. The number of nitrogens with zero attached hydrogens (tertiary/aromatic N) is 2. The van der Waals surface area contributed by atoms with Crippen LogP contribution in [-0.2, 0) is 11.3 Å². The van der Waals surface area contributed by atoms with Crippen molar-refractivity contribution in [3.63, 3.8) is 0 Å². The van der Waals surface area contributed by atoms with Gasteiger partial charge in [-0.3, -0.25) is 9.69 Å². The van der Waals surface area contributed by atoms with Gasteiger partial charge in [0.15, 0.2) is 0 Å². The monoisotopic (exact) mass is 431 g/mol. The quantitative estimate of drug-likeness (QED) is 0.774. The number of aromatic amines is 1. The zero-order chi connectivity index (χ0) is 19.0. The standard InChI is InChI=1S/C16H22BrN3O4S/c1-15(2,3)24-14(22)20(8-16(4,5)23)7-11-18-9-6-10(17)25-12(9)13(21)19-11/h6,23H,7-8H2,1-5H3,(H,18,19,21). The topological polar surface area (TPSA) is 95.5 Å². The average Bonchev–Trinajstić information content (AvgIpc) is 2.75. The maximum Gasteiger partial charge on any atom is 0.410 e. The minimum Gasteiger partial charge on any atom is -0.444 e. The highest BCUT2D eigenvalue weighted by molar-refractivity contribution is 9.11. The number of hydrogen-bond donors (Lipinski definition) is 2. The molecule has 0 aliphatic rings. The van der Waals surface area contributed by atoms with Crippen molar-refractivity contribution in [1.29, 1.82) is 0 Å². The summed E-state index contributed by atoms with van der Waals surface area (Å²) in [6.07, 6.45) is -0.580. The first-order valence-electron chi connectivity index (χ1n) is 7.73. The molecule has 2 N–H and O–H groups in total. The van der Waals surface area contributed by atoms with Gasteiger partial charge in [-0.15, -0.1) is 11.3 Å². The van der Waals surface area contributed by atoms with E-state index < -0.39 is 17.3 Å². The molecule has 2 aromatic rings. The van der Waals surface area contributed by atoms with Gasteiger partial charge in [0.1, 0.15) is 16.1 Å². The van der Waals surface area contributed by atoms with Crippen molar-refractivity contribution in [3.8, 4) is 0 Å². The van der Waals surface area contributed by atoms with Crippen LogP contribution in [0.1, 0.15) is 40.4 Å². The van der Waals surface area contributed by atoms with E-state index in [1.807, 2.05) is 0 Å². The summed E-state index contributed by atoms with van der Waals surface area (Å²) in [6.45, 7) is 8.56. The highest BCUT2D eigenvalue weighted by atomic mass is 79.9. The molecule has 25 heavy (non-hydrogen) atoms. The zero-order valence-corrected chi connectivity index (χ0v) is 17.2. The maximum atomic E-state index is 12.5. The second kappa shape index (κ2) is 7.05. The normalized spacial score (nSPS) is 12.4. The van der Waals surface area contributed by atoms with Crippen molar-refractivity contribution in [1.82, 2.24) is 14.9 Å². The van der Waals surface area contributed by atoms with Gasteiger partial charge in [-0.25, -0.2) is 9.78 Å². The van der Waals surface area contributed by atoms with E-state index in [0.717, 1.165) is 3.79 Å². The Morgan fingerprint density at radius 1 is 1.40 bits per heavy atom. The first-order chi connectivity index (χ1) is 11.3. The number of fused-ring (bicyclic) bond motifs is 1. The van der Waals surface area contributed by atoms with Crippen molar-refractivity contribution in [2.45, 2.75) is 52.4 Å². The highest BCUT2D eigenvalue weighted by Gasteiger charge is 2.28. The molecule has 0 atom stereocenters. The third kappa shape index (κ3) is 5.79. The van der Waals surface area contributed by atoms with E-state index in [1.165, 1.54) is 16.2 Å². The maximum absolute atomic E-state index is 12.5. The van der Waals surface area contributed by atoms with Crippen LogP contribution < -0.4 is 5.56 Å². The van der Waals surface area contributed by atoms with Crippen LogP contribution in [-0.4, -0.2) is 43.8 Å². The van der Waals surface area contributed by atoms with Gasteiger partial charge in [0.2, 0.25) is 0 Å². The number of H-pyrrole nitrogens is 1. The molecule has 138 valence electrons. The van der Waals surface area contributed by atoms with Gasteiger partial charge in [-0.2, -0.15) is 0 Å². The SMILES string of the molecule is CC(C)(O)CN(Cc1nc2cc(Br)sc2c(=O)[nH]1)C(=O)OC(C)(C)C. The van der Waals surface area contributed by atoms with Crippen molar-refractivity contribution in [3.05, 3.63) is 26.0 Å². The summed E-state index contributed by atoms with van der Waals surface area (Å²) in [6, 6.07) is 1.76. The van der Waals surface area contributed by atoms with Gasteiger partial charge in [0, 0.05) is 0 Å². The molecule has 0 aliphatic heterocycles. The molecule has 0 saturated heterocycles. The number of halogens is 1. The number of hydrogen-bond acceptors (Lipinski definition) is 6. The lowest BCUT2D eigenvalue weighted by Crippen LogP contribution is -2.44. The van der Waals surface area contributed by atoms with Gasteiger partial charge in [0.25, 0.3) is 5.56 Å². The first-order valence-corrected chi connectivity index (χ1v) is 9.33. The Kier molecular flexibility index (Phi) is 5.60. The van der Waals surface area contributed by atoms with Crippen LogP contribution in [0.3, 0.4) is 0 Å². The molecule has 0 aliphatic carbocycles. The number of rotatable bonds is 4. The fourth-order valence-corrected chi connectivity index (χ4v) is 3.61. The molecule has 0 bridgehead atoms. The molecule has 0 aromatic carbocycles. The number of amides is 1. The molecule has 0 unspecified atom stereocenters. The zero-order valence-electron chi connectivity index (χ0n) is 14.8. The van der Waals surface area contributed by atoms with Crippen LogP contribution in [0.2, 0.25) is 0 Å². The van der Waals surface area contributed by atoms with E-state index in [-0.39, 0.29) is 18.6 Å². The van der Waals surface area contributed by atoms with Gasteiger partial charge in [-0.05, 0) is 56.6 Å². The Morgan fingerprint density at radius 3 is 2.60 bits per heavy atom. The summed E-state index contributed by atoms with van der Waals surface area (Å²) < 4.78 is 6.71. The number of thiophene rings is 1. The minimum absolute atomic E-state index is 0.0253. The smallest absolute Gasteiger partial charge is 0.410 e. The summed E-state index contributed by atoms with van der Waals surface area (Å²) in [5.74, 6) is 0.331. The lowest BCUT2D eigenvalue weighted by atomic mass is 10.1. The largest absolute Gasteiger partial charge is 0.444 e. The number of aromatic nitrogens is 2. The summed E-state index contributed by atoms with van der Waals surface area (Å²) in [5.41, 5.74) is -1.49. The Morgan fingerprint density at radius 2 is 2.04 bits per heavy atom. The second-order valence-electron chi connectivity index (χ2n) is 7.43. The molecule has 0 radical (unpaired) electrons. The molecule has 1 amide bonds. The molecule has 0 spiro atoms. The van der Waals surface area contributed by atoms with E-state index in [9.17, 15) is 14.7 Å². The van der Waals surface area contributed by atoms with Crippen molar-refractivity contribution in [2.75, 3.05) is 6.54 Å². The fraction of sp³-hybridized carbons (Fsp3) is 0.562. The Bertz CT molecular complexity index is 832. The van der Waals surface area contributed by atoms with Crippen LogP contribution in [0, 0.1) is 0 Å². The second-order valence-corrected chi connectivity index (χ2v) is 9.86. The van der Waals surface area contributed by atoms with Crippen molar-refractivity contribution < 1.29 is 14.6 Å². The predicted octanol–water partition coefficient (Wildman–Crippen LogP) is 3.26. The van der Waals surface area contributed by atoms with E-state index >= 15 is 0 Å². The summed E-state index contributed by atoms with van der Waals surface area (Å²) in [4.78, 5) is 33.1. The van der Waals surface area contributed by atoms with Gasteiger partial charge in [-0.1, -0.05) is 0 Å². The molecule has 7 nitrogen and oxygen atoms in total. The number of nitrogens with one attached hydrogen (secondary N) is 1. The van der Waals surface area contributed by atoms with E-state index in [1.54, 1.807) is 40.7 Å². The highest BCUT2D eigenvalue weighted by Crippen LogP contribution is 2.26. The molecule has 9 heteroatoms. The molecule has 2 aromatic heterocycles. The summed E-state index contributed by atoms with van der Waals surface area (Å²) in [7, 11) is 0. The van der Waals surface area contributed by atoms with Gasteiger partial charge < -0.3 is 14.8 Å². The van der Waals surface area contributed by atoms with E-state index in [4.69, 9.17) is 4.74 Å². The first kappa shape index (κ1) is 19.9. The Hall–Kier alpha value is -1.45. The number of aliphatic hydroxyl groups is 1. The molecule has 2 rings (SSSR count). The fourth-order valence-electron chi connectivity index (χ4n) is 2.19. The Balaban J connectivity index is 2.32. The summed E-state index contributed by atoms with van der Waals surface area (Å²) >= 11 is 4.63. The third-order valence-electron chi connectivity index (χ3n) is 2.97. The van der Waals surface area contributed by atoms with E-state index in [2.05, 4.69) is 25.9 Å². The molecule has 0 fully saturated rings. The average molecular weight is 432 g/mol. The van der Waals surface area contributed by atoms with Crippen LogP contribution in [0.4, 0.5) is 4.79 Å². The van der Waals surface area contributed by atoms with Crippen LogP contribution in [0.25, 0.3) is 10.2 Å². The van der Waals surface area contributed by atoms with E-state index in [0.29, 0.717) is 16.0 Å². The molecular weight excluding hydrogens is 410 g/mol. The molecular formula is C16H22BrN3O4S. The van der Waals surface area contributed by atoms with Crippen molar-refractivity contribution >= 4 is 43.6 Å². The van der Waals surface area contributed by atoms with Crippen LogP contribution >= 0.6 is 27.3 Å². The molecule has 2 heterocycles. The van der Waals surface area contributed by atoms with Gasteiger partial charge in [0.05, 0.1) is 28.0 Å². The number of carbonyl (C=O) groups excluding carboxylic acids is 1. The van der Waals surface area contributed by atoms with Crippen LogP contribution in [0.5, 0.6) is 0 Å². The third-order valence-corrected chi connectivity index (χ3v) is 4.60. The Labute approximate surface area is 158 Å². The summed E-state index contributed by atoms with van der Waals surface area (Å²) in [5, 5.41) is 10.1. The minimum atomic E-state index is -1.12.